The van der Waals surface area contributed by atoms with Gasteiger partial charge in [-0.25, -0.2) is 0 Å². The number of methoxy groups -OCH3 is 1. The van der Waals surface area contributed by atoms with E-state index in [9.17, 15) is 4.79 Å². The molecule has 150 valence electrons. The van der Waals surface area contributed by atoms with Crippen molar-refractivity contribution < 1.29 is 14.3 Å². The highest BCUT2D eigenvalue weighted by molar-refractivity contribution is 6.30. The van der Waals surface area contributed by atoms with Gasteiger partial charge in [-0.15, -0.1) is 0 Å². The highest BCUT2D eigenvalue weighted by Crippen LogP contribution is 2.29. The van der Waals surface area contributed by atoms with Crippen LogP contribution in [0.5, 0.6) is 11.5 Å². The van der Waals surface area contributed by atoms with E-state index in [1.54, 1.807) is 13.2 Å². The van der Waals surface area contributed by atoms with Gasteiger partial charge in [-0.2, -0.15) is 0 Å². The lowest BCUT2D eigenvalue weighted by molar-refractivity contribution is -0.126. The summed E-state index contributed by atoms with van der Waals surface area (Å²) in [4.78, 5) is 16.7. The largest absolute Gasteiger partial charge is 0.497 e. The normalized spacial score (nSPS) is 16.3. The van der Waals surface area contributed by atoms with Gasteiger partial charge in [0.2, 0.25) is 5.91 Å². The van der Waals surface area contributed by atoms with Gasteiger partial charge < -0.3 is 19.3 Å². The third-order valence-corrected chi connectivity index (χ3v) is 5.41. The second-order valence-electron chi connectivity index (χ2n) is 7.03. The molecule has 0 spiro atoms. The van der Waals surface area contributed by atoms with Gasteiger partial charge in [0.1, 0.15) is 18.1 Å². The molecule has 6 heteroatoms. The van der Waals surface area contributed by atoms with Crippen LogP contribution in [-0.2, 0) is 4.79 Å². The molecule has 4 rings (SSSR count). The molecule has 0 radical (unpaired) electrons. The van der Waals surface area contributed by atoms with Gasteiger partial charge in [0.25, 0.3) is 0 Å². The lowest BCUT2D eigenvalue weighted by Gasteiger charge is -2.35. The average Bonchev–Trinajstić information content (AvgIpc) is 2.77. The fourth-order valence-electron chi connectivity index (χ4n) is 3.52. The second-order valence-corrected chi connectivity index (χ2v) is 7.47. The van der Waals surface area contributed by atoms with Gasteiger partial charge in [-0.3, -0.25) is 4.79 Å². The van der Waals surface area contributed by atoms with Gasteiger partial charge in [-0.1, -0.05) is 17.7 Å². The zero-order valence-electron chi connectivity index (χ0n) is 16.3. The van der Waals surface area contributed by atoms with Gasteiger partial charge in [-0.05, 0) is 54.1 Å². The summed E-state index contributed by atoms with van der Waals surface area (Å²) >= 11 is 6.05. The smallest absolute Gasteiger partial charge is 0.246 e. The molecule has 2 aromatic rings. The standard InChI is InChI=1S/C23H23ClN2O3/c1-28-21-6-4-20(5-7-21)25-10-12-26(13-11-25)23(27)9-2-17-14-18-15-19(24)3-8-22(18)29-16-17/h2-9,14-15H,10-13,16H2,1H3/b9-2+. The molecule has 1 fully saturated rings. The van der Waals surface area contributed by atoms with Crippen LogP contribution in [0.2, 0.25) is 5.02 Å². The maximum Gasteiger partial charge on any atom is 0.246 e. The number of fused-ring (bicyclic) bond motifs is 1. The van der Waals surface area contributed by atoms with E-state index in [-0.39, 0.29) is 5.91 Å². The summed E-state index contributed by atoms with van der Waals surface area (Å²) in [5, 5.41) is 0.666. The lowest BCUT2D eigenvalue weighted by atomic mass is 10.1. The average molecular weight is 411 g/mol. The Kier molecular flexibility index (Phi) is 5.76. The topological polar surface area (TPSA) is 42.0 Å². The van der Waals surface area contributed by atoms with Crippen LogP contribution in [0.3, 0.4) is 0 Å². The van der Waals surface area contributed by atoms with Gasteiger partial charge in [0.05, 0.1) is 7.11 Å². The van der Waals surface area contributed by atoms with Crippen LogP contribution in [-0.4, -0.2) is 50.7 Å². The SMILES string of the molecule is COc1ccc(N2CCN(C(=O)/C=C/C3=Cc4cc(Cl)ccc4OC3)CC2)cc1. The van der Waals surface area contributed by atoms with Crippen molar-refractivity contribution in [3.8, 4) is 11.5 Å². The first kappa shape index (κ1) is 19.4. The van der Waals surface area contributed by atoms with Crippen molar-refractivity contribution in [2.24, 2.45) is 0 Å². The van der Waals surface area contributed by atoms with Crippen molar-refractivity contribution in [1.82, 2.24) is 4.90 Å². The van der Waals surface area contributed by atoms with Crippen molar-refractivity contribution >= 4 is 29.3 Å². The highest BCUT2D eigenvalue weighted by atomic mass is 35.5. The van der Waals surface area contributed by atoms with E-state index in [1.165, 1.54) is 0 Å². The van der Waals surface area contributed by atoms with E-state index < -0.39 is 0 Å². The number of benzene rings is 2. The van der Waals surface area contributed by atoms with Crippen molar-refractivity contribution in [2.45, 2.75) is 0 Å². The van der Waals surface area contributed by atoms with Crippen LogP contribution in [0.4, 0.5) is 5.69 Å². The summed E-state index contributed by atoms with van der Waals surface area (Å²) < 4.78 is 10.9. The lowest BCUT2D eigenvalue weighted by Crippen LogP contribution is -2.48. The van der Waals surface area contributed by atoms with E-state index in [0.717, 1.165) is 41.4 Å². The summed E-state index contributed by atoms with van der Waals surface area (Å²) in [6.07, 6.45) is 5.48. The van der Waals surface area contributed by atoms with Crippen molar-refractivity contribution in [2.75, 3.05) is 44.8 Å². The molecule has 1 saturated heterocycles. The Labute approximate surface area is 175 Å². The summed E-state index contributed by atoms with van der Waals surface area (Å²) in [6.45, 7) is 3.46. The van der Waals surface area contributed by atoms with Crippen molar-refractivity contribution in [1.29, 1.82) is 0 Å². The number of piperazine rings is 1. The number of amides is 1. The molecule has 0 aromatic heterocycles. The summed E-state index contributed by atoms with van der Waals surface area (Å²) in [5.74, 6) is 1.68. The molecule has 29 heavy (non-hydrogen) atoms. The van der Waals surface area contributed by atoms with Crippen LogP contribution < -0.4 is 14.4 Å². The molecule has 0 saturated carbocycles. The molecule has 5 nitrogen and oxygen atoms in total. The Bertz CT molecular complexity index is 945. The number of carbonyl (C=O) groups is 1. The van der Waals surface area contributed by atoms with E-state index in [4.69, 9.17) is 21.1 Å². The first-order valence-electron chi connectivity index (χ1n) is 9.61. The van der Waals surface area contributed by atoms with Crippen molar-refractivity contribution in [3.63, 3.8) is 0 Å². The number of nitrogens with zero attached hydrogens (tertiary/aromatic N) is 2. The van der Waals surface area contributed by atoms with E-state index in [0.29, 0.717) is 24.7 Å². The predicted molar refractivity (Wildman–Crippen MR) is 116 cm³/mol. The third kappa shape index (κ3) is 4.57. The fraction of sp³-hybridized carbons (Fsp3) is 0.261. The van der Waals surface area contributed by atoms with Gasteiger partial charge in [0, 0.05) is 48.5 Å². The maximum absolute atomic E-state index is 12.6. The van der Waals surface area contributed by atoms with Crippen LogP contribution in [0.25, 0.3) is 6.08 Å². The zero-order valence-corrected chi connectivity index (χ0v) is 17.1. The molecule has 2 aromatic carbocycles. The number of halogens is 1. The minimum Gasteiger partial charge on any atom is -0.497 e. The van der Waals surface area contributed by atoms with E-state index >= 15 is 0 Å². The number of hydrogen-bond donors (Lipinski definition) is 0. The Balaban J connectivity index is 1.34. The molecule has 0 bridgehead atoms. The van der Waals surface area contributed by atoms with E-state index in [2.05, 4.69) is 17.0 Å². The van der Waals surface area contributed by atoms with E-state index in [1.807, 2.05) is 47.4 Å². The minimum absolute atomic E-state index is 0.0252. The Morgan fingerprint density at radius 2 is 1.86 bits per heavy atom. The number of anilines is 1. The molecule has 0 aliphatic carbocycles. The molecule has 2 heterocycles. The second kappa shape index (κ2) is 8.62. The number of ether oxygens (including phenoxy) is 2. The van der Waals surface area contributed by atoms with Crippen LogP contribution >= 0.6 is 11.6 Å². The Morgan fingerprint density at radius 3 is 2.59 bits per heavy atom. The first-order valence-corrected chi connectivity index (χ1v) is 9.99. The van der Waals surface area contributed by atoms with Crippen molar-refractivity contribution in [3.05, 3.63) is 70.8 Å². The summed E-state index contributed by atoms with van der Waals surface area (Å²) in [5.41, 5.74) is 3.03. The molecule has 0 unspecified atom stereocenters. The van der Waals surface area contributed by atoms with Gasteiger partial charge in [0.15, 0.2) is 0 Å². The zero-order chi connectivity index (χ0) is 20.2. The van der Waals surface area contributed by atoms with Crippen LogP contribution in [0.1, 0.15) is 5.56 Å². The Morgan fingerprint density at radius 1 is 1.10 bits per heavy atom. The highest BCUT2D eigenvalue weighted by Gasteiger charge is 2.20. The van der Waals surface area contributed by atoms with Crippen LogP contribution in [0.15, 0.2) is 60.2 Å². The molecule has 0 atom stereocenters. The number of carbonyl (C=O) groups excluding carboxylic acids is 1. The first-order chi connectivity index (χ1) is 14.1. The molecule has 2 aliphatic rings. The quantitative estimate of drug-likeness (QED) is 0.714. The predicted octanol–water partition coefficient (Wildman–Crippen LogP) is 4.03. The summed E-state index contributed by atoms with van der Waals surface area (Å²) in [6, 6.07) is 13.6. The van der Waals surface area contributed by atoms with Gasteiger partial charge >= 0.3 is 0 Å². The fourth-order valence-corrected chi connectivity index (χ4v) is 3.70. The molecule has 2 aliphatic heterocycles. The number of rotatable bonds is 4. The Hall–Kier alpha value is -2.92. The monoisotopic (exact) mass is 410 g/mol. The minimum atomic E-state index is 0.0252. The number of hydrogen-bond acceptors (Lipinski definition) is 4. The molecule has 1 amide bonds. The molecular formula is C23H23ClN2O3. The molecule has 0 N–H and O–H groups in total. The summed E-state index contributed by atoms with van der Waals surface area (Å²) in [7, 11) is 1.66. The van der Waals surface area contributed by atoms with Crippen LogP contribution in [0, 0.1) is 0 Å². The third-order valence-electron chi connectivity index (χ3n) is 5.18. The maximum atomic E-state index is 12.6. The molecular weight excluding hydrogens is 388 g/mol.